The van der Waals surface area contributed by atoms with E-state index in [4.69, 9.17) is 5.73 Å². The Morgan fingerprint density at radius 2 is 1.86 bits per heavy atom. The van der Waals surface area contributed by atoms with Crippen molar-refractivity contribution in [1.82, 2.24) is 9.55 Å². The lowest BCUT2D eigenvalue weighted by Gasteiger charge is -2.08. The number of rotatable bonds is 5. The van der Waals surface area contributed by atoms with E-state index in [1.54, 1.807) is 12.1 Å². The van der Waals surface area contributed by atoms with Gasteiger partial charge in [-0.15, -0.1) is 0 Å². The van der Waals surface area contributed by atoms with Crippen LogP contribution in [-0.2, 0) is 6.54 Å². The van der Waals surface area contributed by atoms with Gasteiger partial charge in [0.15, 0.2) is 0 Å². The second-order valence-corrected chi connectivity index (χ2v) is 5.01. The number of hydrogen-bond donors (Lipinski definition) is 1. The van der Waals surface area contributed by atoms with Crippen molar-refractivity contribution >= 4 is 5.82 Å². The van der Waals surface area contributed by atoms with E-state index in [9.17, 15) is 8.78 Å². The first-order chi connectivity index (χ1) is 9.93. The van der Waals surface area contributed by atoms with Crippen molar-refractivity contribution in [1.29, 1.82) is 0 Å². The second-order valence-electron chi connectivity index (χ2n) is 5.01. The van der Waals surface area contributed by atoms with Crippen LogP contribution in [0.15, 0.2) is 24.3 Å². The molecule has 21 heavy (non-hydrogen) atoms. The number of ether oxygens (including phenoxy) is 1. The van der Waals surface area contributed by atoms with E-state index in [2.05, 4.69) is 23.6 Å². The number of aromatic nitrogens is 2. The lowest BCUT2D eigenvalue weighted by atomic mass is 10.1. The van der Waals surface area contributed by atoms with Crippen LogP contribution in [0, 0.1) is 0 Å². The minimum atomic E-state index is -2.83. The average Bonchev–Trinajstić information content (AvgIpc) is 2.76. The summed E-state index contributed by atoms with van der Waals surface area (Å²) in [6, 6.07) is 6.34. The van der Waals surface area contributed by atoms with Gasteiger partial charge in [-0.25, -0.2) is 4.98 Å². The molecule has 6 heteroatoms. The zero-order valence-electron chi connectivity index (χ0n) is 12.3. The maximum Gasteiger partial charge on any atom is 0.387 e. The van der Waals surface area contributed by atoms with E-state index in [0.717, 1.165) is 17.9 Å². The molecule has 0 unspecified atom stereocenters. The van der Waals surface area contributed by atoms with E-state index in [1.807, 2.05) is 11.5 Å². The van der Waals surface area contributed by atoms with E-state index < -0.39 is 6.61 Å². The van der Waals surface area contributed by atoms with Gasteiger partial charge in [0.25, 0.3) is 0 Å². The SMILES string of the molecule is CCn1c(C(C)C)nc(-c2ccc(OC(F)F)cc2)c1N. The van der Waals surface area contributed by atoms with Gasteiger partial charge in [0, 0.05) is 18.0 Å². The largest absolute Gasteiger partial charge is 0.435 e. The molecule has 0 aliphatic rings. The number of nitrogens with zero attached hydrogens (tertiary/aromatic N) is 2. The smallest absolute Gasteiger partial charge is 0.387 e. The molecule has 2 N–H and O–H groups in total. The first-order valence-corrected chi connectivity index (χ1v) is 6.85. The highest BCUT2D eigenvalue weighted by Gasteiger charge is 2.17. The molecular formula is C15H19F2N3O. The molecule has 0 saturated heterocycles. The molecule has 0 saturated carbocycles. The van der Waals surface area contributed by atoms with Gasteiger partial charge < -0.3 is 15.0 Å². The van der Waals surface area contributed by atoms with Crippen molar-refractivity contribution in [2.45, 2.75) is 39.8 Å². The Labute approximate surface area is 122 Å². The number of nitrogen functional groups attached to an aromatic ring is 1. The van der Waals surface area contributed by atoms with Crippen molar-refractivity contribution in [2.24, 2.45) is 0 Å². The van der Waals surface area contributed by atoms with E-state index in [1.165, 1.54) is 12.1 Å². The van der Waals surface area contributed by atoms with Gasteiger partial charge in [0.1, 0.15) is 23.1 Å². The van der Waals surface area contributed by atoms with Gasteiger partial charge >= 0.3 is 6.61 Å². The van der Waals surface area contributed by atoms with Crippen LogP contribution in [0.25, 0.3) is 11.3 Å². The summed E-state index contributed by atoms with van der Waals surface area (Å²) < 4.78 is 30.6. The Morgan fingerprint density at radius 3 is 2.29 bits per heavy atom. The summed E-state index contributed by atoms with van der Waals surface area (Å²) in [6.07, 6.45) is 0. The van der Waals surface area contributed by atoms with Crippen LogP contribution >= 0.6 is 0 Å². The predicted molar refractivity (Wildman–Crippen MR) is 78.5 cm³/mol. The summed E-state index contributed by atoms with van der Waals surface area (Å²) in [5.74, 6) is 1.87. The van der Waals surface area contributed by atoms with Gasteiger partial charge in [-0.1, -0.05) is 13.8 Å². The Hall–Kier alpha value is -2.11. The van der Waals surface area contributed by atoms with Crippen LogP contribution < -0.4 is 10.5 Å². The minimum Gasteiger partial charge on any atom is -0.435 e. The summed E-state index contributed by atoms with van der Waals surface area (Å²) in [5, 5.41) is 0. The fourth-order valence-electron chi connectivity index (χ4n) is 2.26. The topological polar surface area (TPSA) is 53.1 Å². The molecular weight excluding hydrogens is 276 g/mol. The molecule has 1 aromatic carbocycles. The third-order valence-electron chi connectivity index (χ3n) is 3.22. The Morgan fingerprint density at radius 1 is 1.24 bits per heavy atom. The highest BCUT2D eigenvalue weighted by molar-refractivity contribution is 5.71. The van der Waals surface area contributed by atoms with Crippen molar-refractivity contribution in [3.8, 4) is 17.0 Å². The predicted octanol–water partition coefficient (Wildman–Crippen LogP) is 3.88. The van der Waals surface area contributed by atoms with Crippen molar-refractivity contribution < 1.29 is 13.5 Å². The highest BCUT2D eigenvalue weighted by Crippen LogP contribution is 2.30. The van der Waals surface area contributed by atoms with Gasteiger partial charge in [0.2, 0.25) is 0 Å². The summed E-state index contributed by atoms with van der Waals surface area (Å²) >= 11 is 0. The second kappa shape index (κ2) is 6.11. The Kier molecular flexibility index (Phi) is 4.45. The number of anilines is 1. The first kappa shape index (κ1) is 15.3. The summed E-state index contributed by atoms with van der Waals surface area (Å²) in [6.45, 7) is 4.02. The van der Waals surface area contributed by atoms with Crippen molar-refractivity contribution in [2.75, 3.05) is 5.73 Å². The summed E-state index contributed by atoms with van der Waals surface area (Å²) in [4.78, 5) is 4.59. The molecule has 0 aliphatic carbocycles. The van der Waals surface area contributed by atoms with Crippen molar-refractivity contribution in [3.05, 3.63) is 30.1 Å². The maximum absolute atomic E-state index is 12.1. The number of alkyl halides is 2. The fraction of sp³-hybridized carbons (Fsp3) is 0.400. The molecule has 0 amide bonds. The zero-order chi connectivity index (χ0) is 15.6. The Bertz CT molecular complexity index is 606. The molecule has 1 aromatic heterocycles. The maximum atomic E-state index is 12.1. The number of nitrogens with two attached hydrogens (primary N) is 1. The normalized spacial score (nSPS) is 11.4. The molecule has 0 fully saturated rings. The van der Waals surface area contributed by atoms with E-state index in [-0.39, 0.29) is 11.7 Å². The van der Waals surface area contributed by atoms with E-state index in [0.29, 0.717) is 11.5 Å². The molecule has 2 aromatic rings. The minimum absolute atomic E-state index is 0.117. The van der Waals surface area contributed by atoms with Crippen LogP contribution in [0.2, 0.25) is 0 Å². The third kappa shape index (κ3) is 3.15. The first-order valence-electron chi connectivity index (χ1n) is 6.85. The average molecular weight is 295 g/mol. The van der Waals surface area contributed by atoms with Crippen molar-refractivity contribution in [3.63, 3.8) is 0 Å². The lowest BCUT2D eigenvalue weighted by Crippen LogP contribution is -2.06. The molecule has 0 bridgehead atoms. The fourth-order valence-corrected chi connectivity index (χ4v) is 2.26. The van der Waals surface area contributed by atoms with Crippen LogP contribution in [0.3, 0.4) is 0 Å². The molecule has 0 aliphatic heterocycles. The standard InChI is InChI=1S/C15H19F2N3O/c1-4-20-13(18)12(19-14(20)9(2)3)10-5-7-11(8-6-10)21-15(16)17/h5-9,15H,4,18H2,1-3H3. The molecule has 2 rings (SSSR count). The molecule has 0 spiro atoms. The molecule has 0 atom stereocenters. The zero-order valence-corrected chi connectivity index (χ0v) is 12.3. The van der Waals surface area contributed by atoms with Gasteiger partial charge in [-0.2, -0.15) is 8.78 Å². The number of halogens is 2. The van der Waals surface area contributed by atoms with Crippen LogP contribution in [-0.4, -0.2) is 16.2 Å². The lowest BCUT2D eigenvalue weighted by molar-refractivity contribution is -0.0498. The molecule has 114 valence electrons. The molecule has 4 nitrogen and oxygen atoms in total. The Balaban J connectivity index is 2.38. The molecule has 0 radical (unpaired) electrons. The van der Waals surface area contributed by atoms with Crippen LogP contribution in [0.5, 0.6) is 5.75 Å². The van der Waals surface area contributed by atoms with Crippen LogP contribution in [0.4, 0.5) is 14.6 Å². The number of hydrogen-bond acceptors (Lipinski definition) is 3. The summed E-state index contributed by atoms with van der Waals surface area (Å²) in [5.41, 5.74) is 7.60. The van der Waals surface area contributed by atoms with Crippen LogP contribution in [0.1, 0.15) is 32.5 Å². The molecule has 1 heterocycles. The summed E-state index contributed by atoms with van der Waals surface area (Å²) in [7, 11) is 0. The number of benzene rings is 1. The quantitative estimate of drug-likeness (QED) is 0.910. The van der Waals surface area contributed by atoms with E-state index >= 15 is 0 Å². The highest BCUT2D eigenvalue weighted by atomic mass is 19.3. The van der Waals surface area contributed by atoms with Gasteiger partial charge in [-0.05, 0) is 31.2 Å². The van der Waals surface area contributed by atoms with Gasteiger partial charge in [0.05, 0.1) is 0 Å². The van der Waals surface area contributed by atoms with Gasteiger partial charge in [-0.3, -0.25) is 0 Å². The third-order valence-corrected chi connectivity index (χ3v) is 3.22. The monoisotopic (exact) mass is 295 g/mol. The number of imidazole rings is 1.